The average molecular weight is 484 g/mol. The third-order valence-corrected chi connectivity index (χ3v) is 9.33. The largest absolute Gasteiger partial charge is 0.491 e. The van der Waals surface area contributed by atoms with Crippen molar-refractivity contribution in [1.29, 1.82) is 0 Å². The minimum absolute atomic E-state index is 0.0185. The van der Waals surface area contributed by atoms with E-state index < -0.39 is 37.5 Å². The van der Waals surface area contributed by atoms with Crippen LogP contribution in [-0.4, -0.2) is 29.5 Å². The fourth-order valence-corrected chi connectivity index (χ4v) is 6.91. The summed E-state index contributed by atoms with van der Waals surface area (Å²) < 4.78 is 73.2. The molecule has 0 unspecified atom stereocenters. The van der Waals surface area contributed by atoms with Crippen molar-refractivity contribution in [2.24, 2.45) is 0 Å². The lowest BCUT2D eigenvalue weighted by Crippen LogP contribution is -2.31. The summed E-state index contributed by atoms with van der Waals surface area (Å²) in [6.45, 7) is 3.31. The van der Waals surface area contributed by atoms with Crippen molar-refractivity contribution in [2.75, 3.05) is 6.54 Å². The van der Waals surface area contributed by atoms with Crippen molar-refractivity contribution in [3.8, 4) is 5.75 Å². The lowest BCUT2D eigenvalue weighted by Gasteiger charge is -2.18. The van der Waals surface area contributed by atoms with Crippen molar-refractivity contribution < 1.29 is 26.0 Å². The fourth-order valence-electron chi connectivity index (χ4n) is 2.89. The molecule has 0 saturated carbocycles. The van der Waals surface area contributed by atoms with Crippen LogP contribution in [0.3, 0.4) is 0 Å². The third-order valence-electron chi connectivity index (χ3n) is 4.36. The number of nitrogens with one attached hydrogen (secondary N) is 1. The minimum Gasteiger partial charge on any atom is -0.491 e. The van der Waals surface area contributed by atoms with E-state index in [0.717, 1.165) is 23.5 Å². The molecular formula is C21H22FNO5S3. The highest BCUT2D eigenvalue weighted by Crippen LogP contribution is 2.31. The van der Waals surface area contributed by atoms with Crippen LogP contribution in [0.15, 0.2) is 75.1 Å². The number of hydrogen-bond acceptors (Lipinski definition) is 6. The molecule has 0 amide bonds. The summed E-state index contributed by atoms with van der Waals surface area (Å²) in [6.07, 6.45) is -0.0560. The molecule has 0 fully saturated rings. The van der Waals surface area contributed by atoms with E-state index in [2.05, 4.69) is 4.72 Å². The predicted molar refractivity (Wildman–Crippen MR) is 118 cm³/mol. The Bertz CT molecular complexity index is 1210. The molecule has 3 aromatic rings. The van der Waals surface area contributed by atoms with Gasteiger partial charge in [0.1, 0.15) is 21.0 Å². The number of rotatable bonds is 9. The van der Waals surface area contributed by atoms with Crippen LogP contribution in [0.25, 0.3) is 0 Å². The van der Waals surface area contributed by atoms with E-state index in [9.17, 15) is 21.2 Å². The molecule has 3 rings (SSSR count). The highest BCUT2D eigenvalue weighted by Gasteiger charge is 2.31. The lowest BCUT2D eigenvalue weighted by atomic mass is 10.1. The van der Waals surface area contributed by atoms with Crippen LogP contribution >= 0.6 is 11.3 Å². The molecule has 0 aliphatic carbocycles. The van der Waals surface area contributed by atoms with Crippen LogP contribution in [-0.2, 0) is 19.9 Å². The topological polar surface area (TPSA) is 89.5 Å². The molecule has 0 spiro atoms. The summed E-state index contributed by atoms with van der Waals surface area (Å²) in [5, 5.41) is 0.407. The lowest BCUT2D eigenvalue weighted by molar-refractivity contribution is 0.242. The molecule has 166 valence electrons. The molecule has 0 saturated heterocycles. The quantitative estimate of drug-likeness (QED) is 0.493. The van der Waals surface area contributed by atoms with Gasteiger partial charge in [-0.2, -0.15) is 0 Å². The molecule has 31 heavy (non-hydrogen) atoms. The summed E-state index contributed by atoms with van der Waals surface area (Å²) in [7, 11) is -7.89. The second-order valence-corrected chi connectivity index (χ2v) is 12.1. The van der Waals surface area contributed by atoms with Crippen molar-refractivity contribution in [1.82, 2.24) is 4.72 Å². The monoisotopic (exact) mass is 483 g/mol. The van der Waals surface area contributed by atoms with Crippen molar-refractivity contribution in [3.63, 3.8) is 0 Å². The Balaban J connectivity index is 1.87. The van der Waals surface area contributed by atoms with E-state index in [0.29, 0.717) is 5.75 Å². The summed E-state index contributed by atoms with van der Waals surface area (Å²) >= 11 is 1.04. The number of benzene rings is 2. The number of thiophene rings is 1. The van der Waals surface area contributed by atoms with Crippen LogP contribution in [0.4, 0.5) is 4.39 Å². The van der Waals surface area contributed by atoms with E-state index in [1.807, 2.05) is 13.8 Å². The van der Waals surface area contributed by atoms with Gasteiger partial charge in [0.15, 0.2) is 9.84 Å². The van der Waals surface area contributed by atoms with E-state index >= 15 is 0 Å². The molecule has 0 bridgehead atoms. The van der Waals surface area contributed by atoms with Gasteiger partial charge in [-0.3, -0.25) is 0 Å². The number of sulfonamides is 1. The van der Waals surface area contributed by atoms with Gasteiger partial charge in [0, 0.05) is 6.54 Å². The molecule has 2 aromatic carbocycles. The second-order valence-electron chi connectivity index (χ2n) is 7.01. The Hall–Kier alpha value is -2.27. The molecule has 1 atom stereocenters. The van der Waals surface area contributed by atoms with E-state index in [1.165, 1.54) is 42.5 Å². The van der Waals surface area contributed by atoms with Gasteiger partial charge in [0.25, 0.3) is 0 Å². The fraction of sp³-hybridized carbons (Fsp3) is 0.238. The molecule has 0 aliphatic heterocycles. The van der Waals surface area contributed by atoms with E-state index in [1.54, 1.807) is 11.4 Å². The normalized spacial score (nSPS) is 13.3. The van der Waals surface area contributed by atoms with E-state index in [-0.39, 0.29) is 20.8 Å². The van der Waals surface area contributed by atoms with Gasteiger partial charge in [-0.05, 0) is 67.3 Å². The molecule has 0 radical (unpaired) electrons. The summed E-state index contributed by atoms with van der Waals surface area (Å²) in [6, 6.07) is 13.9. The molecule has 6 nitrogen and oxygen atoms in total. The van der Waals surface area contributed by atoms with Crippen molar-refractivity contribution in [2.45, 2.75) is 34.3 Å². The first-order valence-corrected chi connectivity index (χ1v) is 13.3. The Morgan fingerprint density at radius 2 is 1.61 bits per heavy atom. The molecule has 10 heteroatoms. The predicted octanol–water partition coefficient (Wildman–Crippen LogP) is 4.17. The Kier molecular flexibility index (Phi) is 7.15. The Labute approximate surface area is 185 Å². The van der Waals surface area contributed by atoms with Gasteiger partial charge in [-0.1, -0.05) is 18.2 Å². The maximum absolute atomic E-state index is 13.4. The maximum Gasteiger partial charge on any atom is 0.240 e. The summed E-state index contributed by atoms with van der Waals surface area (Å²) in [4.78, 5) is -0.0185. The molecular weight excluding hydrogens is 461 g/mol. The first-order valence-electron chi connectivity index (χ1n) is 9.39. The number of hydrogen-bond donors (Lipinski definition) is 1. The van der Waals surface area contributed by atoms with Crippen LogP contribution < -0.4 is 9.46 Å². The number of ether oxygens (including phenoxy) is 1. The SMILES string of the molecule is CC(C)Oc1ccc(S(=O)(=O)NC[C@H](c2ccc(F)cc2)S(=O)(=O)c2cccs2)cc1. The van der Waals surface area contributed by atoms with Crippen LogP contribution in [0.1, 0.15) is 24.7 Å². The zero-order valence-corrected chi connectivity index (χ0v) is 19.3. The summed E-state index contributed by atoms with van der Waals surface area (Å²) in [5.74, 6) is 0.0127. The van der Waals surface area contributed by atoms with Gasteiger partial charge in [0.2, 0.25) is 10.0 Å². The molecule has 1 N–H and O–H groups in total. The van der Waals surface area contributed by atoms with Crippen LogP contribution in [0.5, 0.6) is 5.75 Å². The van der Waals surface area contributed by atoms with Crippen molar-refractivity contribution in [3.05, 3.63) is 77.4 Å². The average Bonchev–Trinajstić information content (AvgIpc) is 3.25. The Morgan fingerprint density at radius 1 is 0.968 bits per heavy atom. The highest BCUT2D eigenvalue weighted by molar-refractivity contribution is 7.93. The van der Waals surface area contributed by atoms with Gasteiger partial charge >= 0.3 is 0 Å². The van der Waals surface area contributed by atoms with Gasteiger partial charge < -0.3 is 4.74 Å². The zero-order valence-electron chi connectivity index (χ0n) is 16.9. The van der Waals surface area contributed by atoms with Crippen LogP contribution in [0, 0.1) is 5.82 Å². The van der Waals surface area contributed by atoms with E-state index in [4.69, 9.17) is 4.74 Å². The van der Waals surface area contributed by atoms with Gasteiger partial charge in [0.05, 0.1) is 11.0 Å². The molecule has 1 aromatic heterocycles. The van der Waals surface area contributed by atoms with Crippen LogP contribution in [0.2, 0.25) is 0 Å². The maximum atomic E-state index is 13.4. The summed E-state index contributed by atoms with van der Waals surface area (Å²) in [5.41, 5.74) is 0.290. The highest BCUT2D eigenvalue weighted by atomic mass is 32.2. The number of sulfone groups is 1. The number of halogens is 1. The smallest absolute Gasteiger partial charge is 0.240 e. The molecule has 1 heterocycles. The third kappa shape index (κ3) is 5.70. The standard InChI is InChI=1S/C21H22FNO5S3/c1-15(2)28-18-9-11-19(12-10-18)31(26,27)23-14-20(16-5-7-17(22)8-6-16)30(24,25)21-4-3-13-29-21/h3-13,15,20,23H,14H2,1-2H3/t20-/m1/s1. The second kappa shape index (κ2) is 9.47. The molecule has 0 aliphatic rings. The Morgan fingerprint density at radius 3 is 2.16 bits per heavy atom. The van der Waals surface area contributed by atoms with Gasteiger partial charge in [-0.25, -0.2) is 25.9 Å². The minimum atomic E-state index is -3.99. The first-order chi connectivity index (χ1) is 14.6. The van der Waals surface area contributed by atoms with Crippen molar-refractivity contribution >= 4 is 31.2 Å². The first kappa shape index (κ1) is 23.4. The van der Waals surface area contributed by atoms with Gasteiger partial charge in [-0.15, -0.1) is 11.3 Å². The zero-order chi connectivity index (χ0) is 22.6.